The topological polar surface area (TPSA) is 69.7 Å². The lowest BCUT2D eigenvalue weighted by atomic mass is 10.0. The van der Waals surface area contributed by atoms with Gasteiger partial charge in [0, 0.05) is 0 Å². The quantitative estimate of drug-likeness (QED) is 0.587. The highest BCUT2D eigenvalue weighted by Crippen LogP contribution is 2.31. The second kappa shape index (κ2) is 7.10. The summed E-state index contributed by atoms with van der Waals surface area (Å²) in [4.78, 5) is 11.4. The number of alkyl halides is 3. The standard InChI is InChI=1S/C13H15F3O5S/c1-3-20-12(17)7-9-4-5-11(13(14,15)16)6-10(9)8-21-22(2,18)19/h4-6H,3,7-8H2,1-2H3. The molecule has 0 unspecified atom stereocenters. The summed E-state index contributed by atoms with van der Waals surface area (Å²) in [5.41, 5.74) is -0.768. The van der Waals surface area contributed by atoms with Crippen LogP contribution in [0, 0.1) is 0 Å². The van der Waals surface area contributed by atoms with Crippen molar-refractivity contribution in [1.82, 2.24) is 0 Å². The predicted octanol–water partition coefficient (Wildman–Crippen LogP) is 2.29. The molecule has 0 spiro atoms. The molecule has 22 heavy (non-hydrogen) atoms. The Morgan fingerprint density at radius 3 is 2.36 bits per heavy atom. The van der Waals surface area contributed by atoms with Gasteiger partial charge in [0.25, 0.3) is 10.1 Å². The maximum Gasteiger partial charge on any atom is 0.416 e. The molecule has 9 heteroatoms. The monoisotopic (exact) mass is 340 g/mol. The van der Waals surface area contributed by atoms with E-state index in [4.69, 9.17) is 4.74 Å². The molecule has 0 N–H and O–H groups in total. The van der Waals surface area contributed by atoms with E-state index in [1.54, 1.807) is 6.92 Å². The van der Waals surface area contributed by atoms with Crippen molar-refractivity contribution >= 4 is 16.1 Å². The predicted molar refractivity (Wildman–Crippen MR) is 71.4 cm³/mol. The number of benzene rings is 1. The van der Waals surface area contributed by atoms with E-state index in [0.29, 0.717) is 0 Å². The molecule has 0 amide bonds. The van der Waals surface area contributed by atoms with E-state index in [2.05, 4.69) is 4.18 Å². The highest BCUT2D eigenvalue weighted by atomic mass is 32.2. The Hall–Kier alpha value is -1.61. The molecule has 0 aliphatic heterocycles. The van der Waals surface area contributed by atoms with Crippen LogP contribution in [0.1, 0.15) is 23.6 Å². The van der Waals surface area contributed by atoms with Gasteiger partial charge in [-0.3, -0.25) is 8.98 Å². The average Bonchev–Trinajstić information content (AvgIpc) is 2.35. The fourth-order valence-corrected chi connectivity index (χ4v) is 1.99. The van der Waals surface area contributed by atoms with Crippen LogP contribution in [0.25, 0.3) is 0 Å². The molecule has 0 atom stereocenters. The molecule has 0 bridgehead atoms. The fraction of sp³-hybridized carbons (Fsp3) is 0.462. The van der Waals surface area contributed by atoms with Crippen molar-refractivity contribution < 1.29 is 35.3 Å². The molecule has 1 rings (SSSR count). The number of rotatable bonds is 6. The van der Waals surface area contributed by atoms with Crippen LogP contribution < -0.4 is 0 Å². The minimum atomic E-state index is -4.58. The highest BCUT2D eigenvalue weighted by molar-refractivity contribution is 7.85. The molecule has 0 aromatic heterocycles. The lowest BCUT2D eigenvalue weighted by molar-refractivity contribution is -0.142. The van der Waals surface area contributed by atoms with Crippen LogP contribution in [-0.4, -0.2) is 27.2 Å². The Kier molecular flexibility index (Phi) is 5.95. The SMILES string of the molecule is CCOC(=O)Cc1ccc(C(F)(F)F)cc1COS(C)(=O)=O. The first-order chi connectivity index (χ1) is 10.0. The summed E-state index contributed by atoms with van der Waals surface area (Å²) >= 11 is 0. The van der Waals surface area contributed by atoms with Crippen molar-refractivity contribution in [2.24, 2.45) is 0 Å². The summed E-state index contributed by atoms with van der Waals surface area (Å²) in [5, 5.41) is 0. The van der Waals surface area contributed by atoms with Crippen molar-refractivity contribution in [1.29, 1.82) is 0 Å². The molecule has 0 saturated carbocycles. The third-order valence-electron chi connectivity index (χ3n) is 2.60. The first kappa shape index (κ1) is 18.4. The van der Waals surface area contributed by atoms with Gasteiger partial charge in [0.2, 0.25) is 0 Å². The summed E-state index contributed by atoms with van der Waals surface area (Å²) < 4.78 is 69.3. The summed E-state index contributed by atoms with van der Waals surface area (Å²) in [6.45, 7) is 1.14. The molecule has 0 saturated heterocycles. The third-order valence-corrected chi connectivity index (χ3v) is 3.15. The smallest absolute Gasteiger partial charge is 0.416 e. The van der Waals surface area contributed by atoms with Crippen molar-refractivity contribution in [2.75, 3.05) is 12.9 Å². The Labute approximate surface area is 126 Å². The van der Waals surface area contributed by atoms with Crippen molar-refractivity contribution in [3.63, 3.8) is 0 Å². The van der Waals surface area contributed by atoms with Crippen LogP contribution in [0.15, 0.2) is 18.2 Å². The molecular formula is C13H15F3O5S. The van der Waals surface area contributed by atoms with E-state index in [-0.39, 0.29) is 24.2 Å². The number of carbonyl (C=O) groups is 1. The molecular weight excluding hydrogens is 325 g/mol. The molecule has 1 aromatic carbocycles. The molecule has 0 aliphatic rings. The second-order valence-electron chi connectivity index (χ2n) is 4.43. The van der Waals surface area contributed by atoms with Crippen LogP contribution in [-0.2, 0) is 43.0 Å². The second-order valence-corrected chi connectivity index (χ2v) is 6.07. The number of carbonyl (C=O) groups excluding carboxylic acids is 1. The summed E-state index contributed by atoms with van der Waals surface area (Å²) in [6, 6.07) is 2.69. The summed E-state index contributed by atoms with van der Waals surface area (Å²) in [5.74, 6) is -0.622. The molecule has 0 aliphatic carbocycles. The molecule has 1 aromatic rings. The van der Waals surface area contributed by atoms with Gasteiger partial charge in [0.1, 0.15) is 0 Å². The number of hydrogen-bond acceptors (Lipinski definition) is 5. The van der Waals surface area contributed by atoms with Gasteiger partial charge in [0.05, 0.1) is 31.5 Å². The average molecular weight is 340 g/mol. The normalized spacial score (nSPS) is 12.2. The zero-order valence-electron chi connectivity index (χ0n) is 11.9. The van der Waals surface area contributed by atoms with Gasteiger partial charge in [-0.1, -0.05) is 6.07 Å². The highest BCUT2D eigenvalue weighted by Gasteiger charge is 2.31. The summed E-state index contributed by atoms with van der Waals surface area (Å²) in [7, 11) is -3.82. The van der Waals surface area contributed by atoms with Crippen molar-refractivity contribution in [3.8, 4) is 0 Å². The summed E-state index contributed by atoms with van der Waals surface area (Å²) in [6.07, 6.45) is -4.07. The van der Waals surface area contributed by atoms with E-state index in [1.807, 2.05) is 0 Å². The number of hydrogen-bond donors (Lipinski definition) is 0. The first-order valence-corrected chi connectivity index (χ1v) is 8.03. The third kappa shape index (κ3) is 6.02. The lowest BCUT2D eigenvalue weighted by Gasteiger charge is -2.13. The fourth-order valence-electron chi connectivity index (χ4n) is 1.65. The van der Waals surface area contributed by atoms with Crippen LogP contribution in [0.4, 0.5) is 13.2 Å². The van der Waals surface area contributed by atoms with Crippen molar-refractivity contribution in [2.45, 2.75) is 26.1 Å². The first-order valence-electron chi connectivity index (χ1n) is 6.22. The van der Waals surface area contributed by atoms with E-state index < -0.39 is 34.4 Å². The van der Waals surface area contributed by atoms with Gasteiger partial charge in [-0.05, 0) is 30.2 Å². The van der Waals surface area contributed by atoms with Crippen LogP contribution in [0.2, 0.25) is 0 Å². The number of ether oxygens (including phenoxy) is 1. The van der Waals surface area contributed by atoms with E-state index >= 15 is 0 Å². The Morgan fingerprint density at radius 2 is 1.86 bits per heavy atom. The molecule has 124 valence electrons. The molecule has 5 nitrogen and oxygen atoms in total. The van der Waals surface area contributed by atoms with E-state index in [0.717, 1.165) is 24.5 Å². The van der Waals surface area contributed by atoms with Crippen LogP contribution in [0.5, 0.6) is 0 Å². The maximum atomic E-state index is 12.7. The lowest BCUT2D eigenvalue weighted by Crippen LogP contribution is -2.13. The van der Waals surface area contributed by atoms with Gasteiger partial charge >= 0.3 is 12.1 Å². The van der Waals surface area contributed by atoms with Gasteiger partial charge in [-0.15, -0.1) is 0 Å². The van der Waals surface area contributed by atoms with E-state index in [1.165, 1.54) is 0 Å². The largest absolute Gasteiger partial charge is 0.466 e. The molecule has 0 fully saturated rings. The zero-order chi connectivity index (χ0) is 17.0. The Morgan fingerprint density at radius 1 is 1.23 bits per heavy atom. The van der Waals surface area contributed by atoms with Crippen molar-refractivity contribution in [3.05, 3.63) is 34.9 Å². The minimum Gasteiger partial charge on any atom is -0.466 e. The number of esters is 1. The van der Waals surface area contributed by atoms with Gasteiger partial charge in [-0.25, -0.2) is 0 Å². The van der Waals surface area contributed by atoms with Crippen LogP contribution >= 0.6 is 0 Å². The molecule has 0 radical (unpaired) electrons. The number of halogens is 3. The van der Waals surface area contributed by atoms with E-state index in [9.17, 15) is 26.4 Å². The molecule has 0 heterocycles. The van der Waals surface area contributed by atoms with Gasteiger partial charge in [-0.2, -0.15) is 21.6 Å². The van der Waals surface area contributed by atoms with Crippen LogP contribution in [0.3, 0.4) is 0 Å². The zero-order valence-corrected chi connectivity index (χ0v) is 12.8. The van der Waals surface area contributed by atoms with Gasteiger partial charge in [0.15, 0.2) is 0 Å². The maximum absolute atomic E-state index is 12.7. The minimum absolute atomic E-state index is 0.0340. The Balaban J connectivity index is 3.11. The Bertz CT molecular complexity index is 638. The van der Waals surface area contributed by atoms with Gasteiger partial charge < -0.3 is 4.74 Å².